The molecule has 2 heterocycles. The fraction of sp³-hybridized carbons (Fsp3) is 0.150. The van der Waals surface area contributed by atoms with Gasteiger partial charge in [-0.3, -0.25) is 9.48 Å². The number of rotatable bonds is 5. The predicted octanol–water partition coefficient (Wildman–Crippen LogP) is 3.86. The molecule has 0 N–H and O–H groups in total. The van der Waals surface area contributed by atoms with E-state index in [0.29, 0.717) is 35.0 Å². The van der Waals surface area contributed by atoms with E-state index in [0.717, 1.165) is 0 Å². The Morgan fingerprint density at radius 3 is 2.41 bits per heavy atom. The Balaban J connectivity index is 1.62. The highest BCUT2D eigenvalue weighted by atomic mass is 19.4. The highest BCUT2D eigenvalue weighted by Gasteiger charge is 2.30. The number of benzene rings is 2. The number of halogens is 3. The van der Waals surface area contributed by atoms with Crippen molar-refractivity contribution < 1.29 is 17.9 Å². The maximum absolute atomic E-state index is 12.8. The molecule has 0 aliphatic heterocycles. The third-order valence-corrected chi connectivity index (χ3v) is 4.38. The van der Waals surface area contributed by atoms with Crippen molar-refractivity contribution in [2.24, 2.45) is 0 Å². The molecule has 0 amide bonds. The van der Waals surface area contributed by atoms with Gasteiger partial charge in [-0.15, -0.1) is 13.2 Å². The van der Waals surface area contributed by atoms with Crippen LogP contribution in [0.2, 0.25) is 0 Å². The predicted molar refractivity (Wildman–Crippen MR) is 100 cm³/mol. The zero-order valence-corrected chi connectivity index (χ0v) is 15.0. The van der Waals surface area contributed by atoms with Gasteiger partial charge in [0.15, 0.2) is 0 Å². The van der Waals surface area contributed by atoms with Crippen molar-refractivity contribution >= 4 is 10.8 Å². The summed E-state index contributed by atoms with van der Waals surface area (Å²) in [7, 11) is 0. The van der Waals surface area contributed by atoms with E-state index in [1.807, 2.05) is 0 Å². The van der Waals surface area contributed by atoms with E-state index in [9.17, 15) is 18.0 Å². The average Bonchev–Trinajstić information content (AvgIpc) is 3.20. The van der Waals surface area contributed by atoms with E-state index in [-0.39, 0.29) is 11.3 Å². The van der Waals surface area contributed by atoms with Gasteiger partial charge in [0.1, 0.15) is 5.75 Å². The monoisotopic (exact) mass is 400 g/mol. The largest absolute Gasteiger partial charge is 0.573 e. The van der Waals surface area contributed by atoms with Gasteiger partial charge < -0.3 is 4.74 Å². The molecule has 0 saturated carbocycles. The molecule has 0 spiro atoms. The zero-order valence-electron chi connectivity index (χ0n) is 15.0. The van der Waals surface area contributed by atoms with Crippen LogP contribution in [0.15, 0.2) is 71.9 Å². The Labute approximate surface area is 162 Å². The lowest BCUT2D eigenvalue weighted by Gasteiger charge is -2.10. The number of aromatic nitrogens is 4. The first-order chi connectivity index (χ1) is 13.9. The van der Waals surface area contributed by atoms with Crippen LogP contribution in [0, 0.1) is 0 Å². The third kappa shape index (κ3) is 4.29. The van der Waals surface area contributed by atoms with Crippen LogP contribution in [0.4, 0.5) is 13.2 Å². The summed E-state index contributed by atoms with van der Waals surface area (Å²) in [6.45, 7) is 0.871. The lowest BCUT2D eigenvalue weighted by atomic mass is 10.0. The number of alkyl halides is 3. The SMILES string of the molecule is O=c1c2cc(-c3ccc(OC(F)(F)F)cc3)ccc2cnn1CCn1cccn1. The first-order valence-electron chi connectivity index (χ1n) is 8.72. The molecule has 0 aliphatic rings. The molecule has 4 aromatic rings. The molecule has 0 radical (unpaired) electrons. The number of nitrogens with zero attached hydrogens (tertiary/aromatic N) is 4. The third-order valence-electron chi connectivity index (χ3n) is 4.38. The van der Waals surface area contributed by atoms with E-state index in [1.165, 1.54) is 28.9 Å². The summed E-state index contributed by atoms with van der Waals surface area (Å²) in [5, 5.41) is 9.46. The molecule has 0 aliphatic carbocycles. The molecule has 0 atom stereocenters. The van der Waals surface area contributed by atoms with Gasteiger partial charge in [0, 0.05) is 17.8 Å². The van der Waals surface area contributed by atoms with Crippen LogP contribution < -0.4 is 10.3 Å². The molecule has 0 fully saturated rings. The van der Waals surface area contributed by atoms with Crippen molar-refractivity contribution in [1.82, 2.24) is 19.6 Å². The summed E-state index contributed by atoms with van der Waals surface area (Å²) >= 11 is 0. The number of hydrogen-bond donors (Lipinski definition) is 0. The second kappa shape index (κ2) is 7.42. The quantitative estimate of drug-likeness (QED) is 0.510. The zero-order chi connectivity index (χ0) is 20.4. The molecule has 9 heteroatoms. The Morgan fingerprint density at radius 1 is 0.966 bits per heavy atom. The summed E-state index contributed by atoms with van der Waals surface area (Å²) in [4.78, 5) is 12.8. The molecule has 29 heavy (non-hydrogen) atoms. The second-order valence-corrected chi connectivity index (χ2v) is 6.32. The van der Waals surface area contributed by atoms with Crippen LogP contribution in [-0.2, 0) is 13.1 Å². The first-order valence-corrected chi connectivity index (χ1v) is 8.72. The van der Waals surface area contributed by atoms with Crippen molar-refractivity contribution in [3.05, 3.63) is 77.5 Å². The lowest BCUT2D eigenvalue weighted by molar-refractivity contribution is -0.274. The van der Waals surface area contributed by atoms with Gasteiger partial charge in [-0.1, -0.05) is 24.3 Å². The van der Waals surface area contributed by atoms with Crippen LogP contribution in [0.5, 0.6) is 5.75 Å². The number of fused-ring (bicyclic) bond motifs is 1. The van der Waals surface area contributed by atoms with E-state index < -0.39 is 6.36 Å². The van der Waals surface area contributed by atoms with Crippen LogP contribution >= 0.6 is 0 Å². The molecule has 0 bridgehead atoms. The molecule has 0 saturated heterocycles. The van der Waals surface area contributed by atoms with Crippen molar-refractivity contribution in [2.75, 3.05) is 0 Å². The van der Waals surface area contributed by atoms with E-state index in [1.54, 1.807) is 47.5 Å². The van der Waals surface area contributed by atoms with Gasteiger partial charge in [-0.2, -0.15) is 10.2 Å². The fourth-order valence-corrected chi connectivity index (χ4v) is 3.00. The minimum absolute atomic E-state index is 0.242. The van der Waals surface area contributed by atoms with Gasteiger partial charge in [0.05, 0.1) is 24.7 Å². The molecular formula is C20H15F3N4O2. The first kappa shape index (κ1) is 18.7. The van der Waals surface area contributed by atoms with Crippen LogP contribution in [0.25, 0.3) is 21.9 Å². The van der Waals surface area contributed by atoms with Gasteiger partial charge in [-0.25, -0.2) is 4.68 Å². The molecule has 6 nitrogen and oxygen atoms in total. The Bertz CT molecular complexity index is 1180. The minimum atomic E-state index is -4.74. The summed E-state index contributed by atoms with van der Waals surface area (Å²) in [6.07, 6.45) is 0.340. The van der Waals surface area contributed by atoms with Crippen molar-refractivity contribution in [2.45, 2.75) is 19.5 Å². The van der Waals surface area contributed by atoms with Crippen molar-refractivity contribution in [3.8, 4) is 16.9 Å². The van der Waals surface area contributed by atoms with E-state index in [4.69, 9.17) is 0 Å². The maximum Gasteiger partial charge on any atom is 0.573 e. The topological polar surface area (TPSA) is 61.9 Å². The summed E-state index contributed by atoms with van der Waals surface area (Å²) in [6, 6.07) is 12.6. The lowest BCUT2D eigenvalue weighted by Crippen LogP contribution is -2.25. The molecular weight excluding hydrogens is 385 g/mol. The summed E-state index contributed by atoms with van der Waals surface area (Å²) in [5.41, 5.74) is 1.13. The summed E-state index contributed by atoms with van der Waals surface area (Å²) < 4.78 is 43.9. The molecule has 2 aromatic carbocycles. The molecule has 148 valence electrons. The number of hydrogen-bond acceptors (Lipinski definition) is 4. The van der Waals surface area contributed by atoms with E-state index in [2.05, 4.69) is 14.9 Å². The van der Waals surface area contributed by atoms with E-state index >= 15 is 0 Å². The summed E-state index contributed by atoms with van der Waals surface area (Å²) in [5.74, 6) is -0.299. The molecule has 2 aromatic heterocycles. The maximum atomic E-state index is 12.8. The highest BCUT2D eigenvalue weighted by molar-refractivity contribution is 5.86. The Hall–Kier alpha value is -3.62. The Kier molecular flexibility index (Phi) is 4.79. The van der Waals surface area contributed by atoms with Gasteiger partial charge in [0.2, 0.25) is 0 Å². The second-order valence-electron chi connectivity index (χ2n) is 6.32. The van der Waals surface area contributed by atoms with Gasteiger partial charge in [-0.05, 0) is 35.4 Å². The molecule has 0 unspecified atom stereocenters. The Morgan fingerprint density at radius 2 is 1.72 bits per heavy atom. The van der Waals surface area contributed by atoms with Crippen LogP contribution in [0.3, 0.4) is 0 Å². The normalized spacial score (nSPS) is 11.7. The van der Waals surface area contributed by atoms with Gasteiger partial charge in [0.25, 0.3) is 5.56 Å². The van der Waals surface area contributed by atoms with Crippen molar-refractivity contribution in [3.63, 3.8) is 0 Å². The minimum Gasteiger partial charge on any atom is -0.406 e. The fourth-order valence-electron chi connectivity index (χ4n) is 3.00. The smallest absolute Gasteiger partial charge is 0.406 e. The van der Waals surface area contributed by atoms with Gasteiger partial charge >= 0.3 is 6.36 Å². The number of ether oxygens (including phenoxy) is 1. The molecule has 4 rings (SSSR count). The van der Waals surface area contributed by atoms with Crippen LogP contribution in [-0.4, -0.2) is 25.9 Å². The average molecular weight is 400 g/mol. The standard InChI is InChI=1S/C20H15F3N4O2/c21-20(22,23)29-17-6-4-14(5-7-17)15-2-3-16-13-25-27(19(28)18(16)12-15)11-10-26-9-1-8-24-26/h1-9,12-13H,10-11H2. The number of aryl methyl sites for hydroxylation is 2. The van der Waals surface area contributed by atoms with Crippen LogP contribution in [0.1, 0.15) is 0 Å². The van der Waals surface area contributed by atoms with Crippen molar-refractivity contribution in [1.29, 1.82) is 0 Å². The highest BCUT2D eigenvalue weighted by Crippen LogP contribution is 2.27.